The van der Waals surface area contributed by atoms with Gasteiger partial charge in [-0.25, -0.2) is 0 Å². The normalized spacial score (nSPS) is 11.9. The monoisotopic (exact) mass is 389 g/mol. The number of methoxy groups -OCH3 is 1. The van der Waals surface area contributed by atoms with Crippen LogP contribution in [0.2, 0.25) is 0 Å². The second-order valence-electron chi connectivity index (χ2n) is 5.43. The molecule has 0 spiro atoms. The van der Waals surface area contributed by atoms with Gasteiger partial charge in [-0.15, -0.1) is 16.4 Å². The first-order valence-corrected chi connectivity index (χ1v) is 9.83. The van der Waals surface area contributed by atoms with Gasteiger partial charge in [0.2, 0.25) is 11.1 Å². The number of hydrogen-bond donors (Lipinski definition) is 1. The third-order valence-corrected chi connectivity index (χ3v) is 5.63. The van der Waals surface area contributed by atoms with Crippen molar-refractivity contribution >= 4 is 29.0 Å². The van der Waals surface area contributed by atoms with Crippen LogP contribution in [0.5, 0.6) is 5.75 Å². The minimum absolute atomic E-state index is 0.0406. The quantitative estimate of drug-likeness (QED) is 0.596. The Bertz CT molecular complexity index is 850. The SMILES string of the molecule is COc1ccccc1-n1nnnc1S[C@@H](C)C(=O)NCCc1cccs1. The smallest absolute Gasteiger partial charge is 0.233 e. The van der Waals surface area contributed by atoms with Gasteiger partial charge >= 0.3 is 0 Å². The Kier molecular flexibility index (Phi) is 6.24. The first-order chi connectivity index (χ1) is 12.7. The maximum absolute atomic E-state index is 12.3. The lowest BCUT2D eigenvalue weighted by molar-refractivity contribution is -0.120. The van der Waals surface area contributed by atoms with Gasteiger partial charge in [-0.2, -0.15) is 4.68 Å². The summed E-state index contributed by atoms with van der Waals surface area (Å²) >= 11 is 3.00. The van der Waals surface area contributed by atoms with Gasteiger partial charge in [-0.05, 0) is 47.4 Å². The van der Waals surface area contributed by atoms with Crippen molar-refractivity contribution in [3.05, 3.63) is 46.7 Å². The van der Waals surface area contributed by atoms with Crippen molar-refractivity contribution in [2.24, 2.45) is 0 Å². The lowest BCUT2D eigenvalue weighted by Gasteiger charge is -2.12. The molecule has 1 aromatic carbocycles. The molecule has 2 heterocycles. The highest BCUT2D eigenvalue weighted by molar-refractivity contribution is 8.00. The lowest BCUT2D eigenvalue weighted by atomic mass is 10.3. The summed E-state index contributed by atoms with van der Waals surface area (Å²) in [6, 6.07) is 11.5. The van der Waals surface area contributed by atoms with E-state index >= 15 is 0 Å². The highest BCUT2D eigenvalue weighted by Crippen LogP contribution is 2.27. The fourth-order valence-corrected chi connectivity index (χ4v) is 3.86. The van der Waals surface area contributed by atoms with Gasteiger partial charge in [0.05, 0.1) is 12.4 Å². The molecule has 0 aliphatic carbocycles. The summed E-state index contributed by atoms with van der Waals surface area (Å²) in [6.07, 6.45) is 0.833. The summed E-state index contributed by atoms with van der Waals surface area (Å²) in [5.74, 6) is 0.621. The number of nitrogens with zero attached hydrogens (tertiary/aromatic N) is 4. The number of nitrogens with one attached hydrogen (secondary N) is 1. The minimum atomic E-state index is -0.321. The Morgan fingerprint density at radius 1 is 1.35 bits per heavy atom. The summed E-state index contributed by atoms with van der Waals surface area (Å²) in [7, 11) is 1.60. The van der Waals surface area contributed by atoms with E-state index in [1.165, 1.54) is 16.6 Å². The molecule has 3 aromatic rings. The van der Waals surface area contributed by atoms with E-state index in [-0.39, 0.29) is 11.2 Å². The van der Waals surface area contributed by atoms with Crippen LogP contribution < -0.4 is 10.1 Å². The maximum atomic E-state index is 12.3. The van der Waals surface area contributed by atoms with Gasteiger partial charge < -0.3 is 10.1 Å². The van der Waals surface area contributed by atoms with Crippen molar-refractivity contribution in [3.8, 4) is 11.4 Å². The number of ether oxygens (including phenoxy) is 1. The maximum Gasteiger partial charge on any atom is 0.233 e. The van der Waals surface area contributed by atoms with Gasteiger partial charge in [0.25, 0.3) is 0 Å². The van der Waals surface area contributed by atoms with E-state index in [0.717, 1.165) is 12.1 Å². The molecule has 0 fully saturated rings. The summed E-state index contributed by atoms with van der Waals surface area (Å²) < 4.78 is 6.94. The molecule has 0 saturated carbocycles. The number of hydrogen-bond acceptors (Lipinski definition) is 7. The van der Waals surface area contributed by atoms with Crippen LogP contribution in [-0.4, -0.2) is 45.0 Å². The summed E-state index contributed by atoms with van der Waals surface area (Å²) in [4.78, 5) is 13.6. The average Bonchev–Trinajstić information content (AvgIpc) is 3.33. The van der Waals surface area contributed by atoms with E-state index in [1.807, 2.05) is 42.6 Å². The third-order valence-electron chi connectivity index (χ3n) is 3.66. The Morgan fingerprint density at radius 2 is 2.19 bits per heavy atom. The number of thiophene rings is 1. The van der Waals surface area contributed by atoms with Crippen LogP contribution in [0, 0.1) is 0 Å². The van der Waals surface area contributed by atoms with Crippen LogP contribution in [-0.2, 0) is 11.2 Å². The van der Waals surface area contributed by atoms with Gasteiger partial charge in [0, 0.05) is 11.4 Å². The van der Waals surface area contributed by atoms with Crippen LogP contribution in [0.3, 0.4) is 0 Å². The number of amides is 1. The highest BCUT2D eigenvalue weighted by atomic mass is 32.2. The molecule has 0 radical (unpaired) electrons. The second kappa shape index (κ2) is 8.81. The van der Waals surface area contributed by atoms with Crippen molar-refractivity contribution in [1.29, 1.82) is 0 Å². The minimum Gasteiger partial charge on any atom is -0.494 e. The van der Waals surface area contributed by atoms with E-state index in [4.69, 9.17) is 4.74 Å². The predicted octanol–water partition coefficient (Wildman–Crippen LogP) is 2.57. The van der Waals surface area contributed by atoms with Crippen molar-refractivity contribution in [2.75, 3.05) is 13.7 Å². The van der Waals surface area contributed by atoms with Crippen LogP contribution in [0.15, 0.2) is 46.9 Å². The molecule has 0 saturated heterocycles. The van der Waals surface area contributed by atoms with Crippen molar-refractivity contribution in [2.45, 2.75) is 23.8 Å². The molecule has 136 valence electrons. The first kappa shape index (κ1) is 18.4. The number of thioether (sulfide) groups is 1. The zero-order valence-electron chi connectivity index (χ0n) is 14.5. The number of tetrazole rings is 1. The van der Waals surface area contributed by atoms with E-state index < -0.39 is 0 Å². The van der Waals surface area contributed by atoms with Gasteiger partial charge in [-0.3, -0.25) is 4.79 Å². The number of benzene rings is 1. The summed E-state index contributed by atoms with van der Waals surface area (Å²) in [5.41, 5.74) is 0.729. The Labute approximate surface area is 159 Å². The molecule has 1 atom stereocenters. The molecule has 0 aliphatic heterocycles. The average molecular weight is 390 g/mol. The molecule has 0 unspecified atom stereocenters. The van der Waals surface area contributed by atoms with Crippen LogP contribution in [0.1, 0.15) is 11.8 Å². The second-order valence-corrected chi connectivity index (χ2v) is 7.77. The van der Waals surface area contributed by atoms with Crippen LogP contribution in [0.25, 0.3) is 5.69 Å². The Morgan fingerprint density at radius 3 is 2.96 bits per heavy atom. The number of rotatable bonds is 8. The fraction of sp³-hybridized carbons (Fsp3) is 0.294. The fourth-order valence-electron chi connectivity index (χ4n) is 2.33. The van der Waals surface area contributed by atoms with E-state index in [1.54, 1.807) is 23.1 Å². The number of carbonyl (C=O) groups excluding carboxylic acids is 1. The predicted molar refractivity (Wildman–Crippen MR) is 102 cm³/mol. The molecule has 0 bridgehead atoms. The number of para-hydroxylation sites is 2. The van der Waals surface area contributed by atoms with Crippen molar-refractivity contribution < 1.29 is 9.53 Å². The summed E-state index contributed by atoms with van der Waals surface area (Å²) in [6.45, 7) is 2.45. The summed E-state index contributed by atoms with van der Waals surface area (Å²) in [5, 5.41) is 17.0. The molecule has 9 heteroatoms. The third kappa shape index (κ3) is 4.41. The highest BCUT2D eigenvalue weighted by Gasteiger charge is 2.20. The molecule has 7 nitrogen and oxygen atoms in total. The Balaban J connectivity index is 1.62. The number of aromatic nitrogens is 4. The van der Waals surface area contributed by atoms with E-state index in [0.29, 0.717) is 17.5 Å². The molecule has 1 N–H and O–H groups in total. The van der Waals surface area contributed by atoms with Gasteiger partial charge in [0.15, 0.2) is 0 Å². The van der Waals surface area contributed by atoms with Crippen molar-refractivity contribution in [1.82, 2.24) is 25.5 Å². The topological polar surface area (TPSA) is 81.9 Å². The first-order valence-electron chi connectivity index (χ1n) is 8.07. The molecule has 1 amide bonds. The van der Waals surface area contributed by atoms with Crippen LogP contribution in [0.4, 0.5) is 0 Å². The van der Waals surface area contributed by atoms with E-state index in [9.17, 15) is 4.79 Å². The van der Waals surface area contributed by atoms with Crippen molar-refractivity contribution in [3.63, 3.8) is 0 Å². The number of carbonyl (C=O) groups is 1. The zero-order valence-corrected chi connectivity index (χ0v) is 16.1. The Hall–Kier alpha value is -2.39. The van der Waals surface area contributed by atoms with E-state index in [2.05, 4.69) is 26.9 Å². The van der Waals surface area contributed by atoms with Crippen LogP contribution >= 0.6 is 23.1 Å². The molecule has 3 rings (SSSR count). The zero-order chi connectivity index (χ0) is 18.4. The van der Waals surface area contributed by atoms with Gasteiger partial charge in [-0.1, -0.05) is 30.0 Å². The standard InChI is InChI=1S/C17H19N5O2S2/c1-12(16(23)18-10-9-13-6-5-11-25-13)26-17-19-20-21-22(17)14-7-3-4-8-15(14)24-2/h3-8,11-12H,9-10H2,1-2H3,(H,18,23)/t12-/m0/s1. The molecule has 0 aliphatic rings. The van der Waals surface area contributed by atoms with Gasteiger partial charge in [0.1, 0.15) is 11.4 Å². The molecular weight excluding hydrogens is 370 g/mol. The largest absolute Gasteiger partial charge is 0.494 e. The molecule has 26 heavy (non-hydrogen) atoms. The molecule has 2 aromatic heterocycles. The lowest BCUT2D eigenvalue weighted by Crippen LogP contribution is -2.32. The molecular formula is C17H19N5O2S2.